The molecule has 1 N–H and O–H groups in total. The van der Waals surface area contributed by atoms with Crippen LogP contribution in [0.5, 0.6) is 0 Å². The zero-order valence-corrected chi connectivity index (χ0v) is 12.8. The number of hydrogen-bond acceptors (Lipinski definition) is 4. The predicted octanol–water partition coefficient (Wildman–Crippen LogP) is 3.69. The summed E-state index contributed by atoms with van der Waals surface area (Å²) >= 11 is 0. The molecule has 0 aliphatic carbocycles. The summed E-state index contributed by atoms with van der Waals surface area (Å²) in [4.78, 5) is 11.6. The highest BCUT2D eigenvalue weighted by Crippen LogP contribution is 2.23. The number of rotatable bonds is 4. The van der Waals surface area contributed by atoms with E-state index >= 15 is 0 Å². The van der Waals surface area contributed by atoms with E-state index in [-0.39, 0.29) is 0 Å². The van der Waals surface area contributed by atoms with Gasteiger partial charge >= 0.3 is 0 Å². The Labute approximate surface area is 126 Å². The zero-order chi connectivity index (χ0) is 14.7. The first-order chi connectivity index (χ1) is 10.3. The topological polar surface area (TPSA) is 41.1 Å². The van der Waals surface area contributed by atoms with E-state index in [1.807, 2.05) is 13.0 Å². The van der Waals surface area contributed by atoms with Crippen molar-refractivity contribution in [3.05, 3.63) is 41.6 Å². The Morgan fingerprint density at radius 3 is 2.67 bits per heavy atom. The Hall–Kier alpha value is -2.10. The minimum Gasteiger partial charge on any atom is -0.356 e. The molecule has 0 unspecified atom stereocenters. The van der Waals surface area contributed by atoms with Gasteiger partial charge in [-0.25, -0.2) is 4.98 Å². The van der Waals surface area contributed by atoms with Gasteiger partial charge in [-0.15, -0.1) is 0 Å². The molecule has 0 spiro atoms. The van der Waals surface area contributed by atoms with Crippen LogP contribution in [0.1, 0.15) is 31.0 Å². The van der Waals surface area contributed by atoms with Gasteiger partial charge in [0, 0.05) is 30.5 Å². The summed E-state index contributed by atoms with van der Waals surface area (Å²) in [6, 6.07) is 10.4. The van der Waals surface area contributed by atoms with Gasteiger partial charge in [0.15, 0.2) is 0 Å². The van der Waals surface area contributed by atoms with Crippen molar-refractivity contribution in [2.45, 2.75) is 33.1 Å². The van der Waals surface area contributed by atoms with Crippen LogP contribution in [0.25, 0.3) is 0 Å². The fourth-order valence-corrected chi connectivity index (χ4v) is 2.79. The highest BCUT2D eigenvalue weighted by molar-refractivity contribution is 5.60. The Morgan fingerprint density at radius 2 is 1.90 bits per heavy atom. The molecular formula is C17H22N4. The average Bonchev–Trinajstić information content (AvgIpc) is 3.01. The lowest BCUT2D eigenvalue weighted by atomic mass is 10.1. The fourth-order valence-electron chi connectivity index (χ4n) is 2.79. The number of para-hydroxylation sites is 1. The van der Waals surface area contributed by atoms with Crippen molar-refractivity contribution in [3.8, 4) is 0 Å². The van der Waals surface area contributed by atoms with E-state index in [0.29, 0.717) is 5.95 Å². The second-order valence-corrected chi connectivity index (χ2v) is 5.52. The summed E-state index contributed by atoms with van der Waals surface area (Å²) in [5.41, 5.74) is 3.38. The van der Waals surface area contributed by atoms with Crippen molar-refractivity contribution in [3.63, 3.8) is 0 Å². The SMILES string of the molecule is CCc1ccccc1Nc1nc(C)cc(N2CCCC2)n1. The molecule has 110 valence electrons. The summed E-state index contributed by atoms with van der Waals surface area (Å²) in [6.45, 7) is 6.38. The molecule has 1 saturated heterocycles. The summed E-state index contributed by atoms with van der Waals surface area (Å²) < 4.78 is 0. The van der Waals surface area contributed by atoms with E-state index in [4.69, 9.17) is 0 Å². The van der Waals surface area contributed by atoms with E-state index < -0.39 is 0 Å². The molecule has 1 aromatic carbocycles. The fraction of sp³-hybridized carbons (Fsp3) is 0.412. The van der Waals surface area contributed by atoms with Crippen molar-refractivity contribution < 1.29 is 0 Å². The van der Waals surface area contributed by atoms with Crippen molar-refractivity contribution in [2.75, 3.05) is 23.3 Å². The van der Waals surface area contributed by atoms with Crippen molar-refractivity contribution in [1.29, 1.82) is 0 Å². The van der Waals surface area contributed by atoms with Crippen LogP contribution in [0.15, 0.2) is 30.3 Å². The van der Waals surface area contributed by atoms with Gasteiger partial charge in [0.2, 0.25) is 5.95 Å². The second kappa shape index (κ2) is 6.12. The summed E-state index contributed by atoms with van der Waals surface area (Å²) in [6.07, 6.45) is 3.50. The largest absolute Gasteiger partial charge is 0.356 e. The molecule has 1 fully saturated rings. The smallest absolute Gasteiger partial charge is 0.229 e. The van der Waals surface area contributed by atoms with Gasteiger partial charge in [0.25, 0.3) is 0 Å². The maximum absolute atomic E-state index is 4.69. The number of aromatic nitrogens is 2. The summed E-state index contributed by atoms with van der Waals surface area (Å²) in [7, 11) is 0. The molecule has 4 heteroatoms. The monoisotopic (exact) mass is 282 g/mol. The molecule has 21 heavy (non-hydrogen) atoms. The lowest BCUT2D eigenvalue weighted by Crippen LogP contribution is -2.20. The molecule has 2 aromatic rings. The molecule has 0 saturated carbocycles. The first kappa shape index (κ1) is 13.9. The Bertz CT molecular complexity index is 618. The number of nitrogens with one attached hydrogen (secondary N) is 1. The van der Waals surface area contributed by atoms with Crippen molar-refractivity contribution in [2.24, 2.45) is 0 Å². The van der Waals surface area contributed by atoms with Gasteiger partial charge in [0.1, 0.15) is 5.82 Å². The van der Waals surface area contributed by atoms with Crippen LogP contribution in [0.4, 0.5) is 17.5 Å². The van der Waals surface area contributed by atoms with Crippen LogP contribution < -0.4 is 10.2 Å². The number of nitrogens with zero attached hydrogens (tertiary/aromatic N) is 3. The maximum atomic E-state index is 4.69. The molecule has 0 bridgehead atoms. The average molecular weight is 282 g/mol. The second-order valence-electron chi connectivity index (χ2n) is 5.52. The van der Waals surface area contributed by atoms with E-state index in [1.54, 1.807) is 0 Å². The molecule has 2 heterocycles. The highest BCUT2D eigenvalue weighted by atomic mass is 15.2. The molecule has 0 radical (unpaired) electrons. The van der Waals surface area contributed by atoms with Crippen LogP contribution in [0, 0.1) is 6.92 Å². The minimum absolute atomic E-state index is 0.692. The lowest BCUT2D eigenvalue weighted by molar-refractivity contribution is 0.923. The number of aryl methyl sites for hydroxylation is 2. The third-order valence-electron chi connectivity index (χ3n) is 3.92. The third kappa shape index (κ3) is 3.15. The van der Waals surface area contributed by atoms with Gasteiger partial charge in [0.05, 0.1) is 0 Å². The molecule has 1 aromatic heterocycles. The summed E-state index contributed by atoms with van der Waals surface area (Å²) in [5.74, 6) is 1.73. The Kier molecular flexibility index (Phi) is 4.04. The van der Waals surface area contributed by atoms with Gasteiger partial charge < -0.3 is 10.2 Å². The van der Waals surface area contributed by atoms with Gasteiger partial charge in [-0.05, 0) is 37.8 Å². The first-order valence-electron chi connectivity index (χ1n) is 7.72. The van der Waals surface area contributed by atoms with E-state index in [9.17, 15) is 0 Å². The van der Waals surface area contributed by atoms with Crippen molar-refractivity contribution >= 4 is 17.5 Å². The number of anilines is 3. The molecule has 1 aliphatic heterocycles. The third-order valence-corrected chi connectivity index (χ3v) is 3.92. The van der Waals surface area contributed by atoms with Crippen LogP contribution in [-0.4, -0.2) is 23.1 Å². The lowest BCUT2D eigenvalue weighted by Gasteiger charge is -2.18. The maximum Gasteiger partial charge on any atom is 0.229 e. The molecule has 0 atom stereocenters. The molecule has 4 nitrogen and oxygen atoms in total. The van der Waals surface area contributed by atoms with E-state index in [1.165, 1.54) is 18.4 Å². The van der Waals surface area contributed by atoms with Crippen LogP contribution in [0.2, 0.25) is 0 Å². The predicted molar refractivity (Wildman–Crippen MR) is 87.3 cm³/mol. The molecular weight excluding hydrogens is 260 g/mol. The van der Waals surface area contributed by atoms with Crippen LogP contribution in [0.3, 0.4) is 0 Å². The van der Waals surface area contributed by atoms with E-state index in [0.717, 1.165) is 36.7 Å². The molecule has 0 amide bonds. The van der Waals surface area contributed by atoms with Crippen molar-refractivity contribution in [1.82, 2.24) is 9.97 Å². The first-order valence-corrected chi connectivity index (χ1v) is 7.72. The van der Waals surface area contributed by atoms with Gasteiger partial charge in [-0.2, -0.15) is 4.98 Å². The van der Waals surface area contributed by atoms with E-state index in [2.05, 4.69) is 51.4 Å². The Balaban J connectivity index is 1.88. The molecule has 3 rings (SSSR count). The Morgan fingerprint density at radius 1 is 1.14 bits per heavy atom. The van der Waals surface area contributed by atoms with Crippen LogP contribution >= 0.6 is 0 Å². The number of benzene rings is 1. The molecule has 1 aliphatic rings. The zero-order valence-electron chi connectivity index (χ0n) is 12.8. The number of hydrogen-bond donors (Lipinski definition) is 1. The minimum atomic E-state index is 0.692. The van der Waals surface area contributed by atoms with Crippen LogP contribution in [-0.2, 0) is 6.42 Å². The van der Waals surface area contributed by atoms with Gasteiger partial charge in [-0.3, -0.25) is 0 Å². The normalized spacial score (nSPS) is 14.5. The summed E-state index contributed by atoms with van der Waals surface area (Å²) in [5, 5.41) is 3.38. The highest BCUT2D eigenvalue weighted by Gasteiger charge is 2.15. The quantitative estimate of drug-likeness (QED) is 0.928. The van der Waals surface area contributed by atoms with Gasteiger partial charge in [-0.1, -0.05) is 25.1 Å². The standard InChI is InChI=1S/C17H22N4/c1-3-14-8-4-5-9-15(14)19-17-18-13(2)12-16(20-17)21-10-6-7-11-21/h4-5,8-9,12H,3,6-7,10-11H2,1-2H3,(H,18,19,20).